The minimum Gasteiger partial charge on any atom is -0.339 e. The quantitative estimate of drug-likeness (QED) is 0.214. The van der Waals surface area contributed by atoms with Crippen LogP contribution >= 0.6 is 22.9 Å². The van der Waals surface area contributed by atoms with E-state index in [1.807, 2.05) is 37.4 Å². The molecule has 0 aliphatic carbocycles. The molecule has 0 bridgehead atoms. The Hall–Kier alpha value is -4.24. The summed E-state index contributed by atoms with van der Waals surface area (Å²) >= 11 is 8.25. The van der Waals surface area contributed by atoms with Crippen LogP contribution in [0.5, 0.6) is 0 Å². The Labute approximate surface area is 212 Å². The smallest absolute Gasteiger partial charge is 0.229 e. The molecular formula is C26H20ClN7S. The number of rotatable bonds is 7. The molecule has 7 nitrogen and oxygen atoms in total. The van der Waals surface area contributed by atoms with Crippen molar-refractivity contribution in [3.05, 3.63) is 93.1 Å². The number of nitrogens with one attached hydrogen (secondary N) is 2. The Balaban J connectivity index is 1.72. The molecular weight excluding hydrogens is 478 g/mol. The summed E-state index contributed by atoms with van der Waals surface area (Å²) < 4.78 is 0. The molecule has 2 heterocycles. The Bertz CT molecular complexity index is 1430. The van der Waals surface area contributed by atoms with E-state index in [2.05, 4.69) is 26.7 Å². The Morgan fingerprint density at radius 3 is 2.43 bits per heavy atom. The molecule has 0 aliphatic heterocycles. The van der Waals surface area contributed by atoms with Gasteiger partial charge in [-0.25, -0.2) is 9.97 Å². The molecule has 0 spiro atoms. The average Bonchev–Trinajstić information content (AvgIpc) is 3.40. The maximum absolute atomic E-state index is 9.02. The number of alkyl halides is 1. The molecule has 2 aromatic carbocycles. The minimum atomic E-state index is -0.528. The van der Waals surface area contributed by atoms with Crippen LogP contribution in [0.2, 0.25) is 0 Å². The van der Waals surface area contributed by atoms with Gasteiger partial charge in [0.25, 0.3) is 0 Å². The standard InChI is InChI=1S/C26H20ClN7S/c1-16-12-19(4-3-9-28)13-17(2)23(16)33-24-21(22(27)25-30-10-11-35-25)15-31-26(34-24)32-20-7-5-18(14-29)6-8-20/h3-8,10-13,15,22H,1-2H3,(H2,31,32,33,34)/b4-3+. The number of halogens is 1. The van der Waals surface area contributed by atoms with Crippen LogP contribution in [-0.4, -0.2) is 15.0 Å². The number of hydrogen-bond donors (Lipinski definition) is 2. The summed E-state index contributed by atoms with van der Waals surface area (Å²) in [4.78, 5) is 13.5. The van der Waals surface area contributed by atoms with Gasteiger partial charge in [0.15, 0.2) is 0 Å². The zero-order valence-electron chi connectivity index (χ0n) is 19.0. The molecule has 0 fully saturated rings. The van der Waals surface area contributed by atoms with Crippen molar-refractivity contribution in [1.29, 1.82) is 10.5 Å². The van der Waals surface area contributed by atoms with Crippen LogP contribution in [0.4, 0.5) is 23.1 Å². The summed E-state index contributed by atoms with van der Waals surface area (Å²) in [6.07, 6.45) is 6.63. The second kappa shape index (κ2) is 10.8. The minimum absolute atomic E-state index is 0.382. The second-order valence-electron chi connectivity index (χ2n) is 7.66. The van der Waals surface area contributed by atoms with Gasteiger partial charge in [0.1, 0.15) is 16.2 Å². The van der Waals surface area contributed by atoms with Gasteiger partial charge in [0.05, 0.1) is 17.7 Å². The summed E-state index contributed by atoms with van der Waals surface area (Å²) in [7, 11) is 0. The van der Waals surface area contributed by atoms with Crippen LogP contribution in [0, 0.1) is 36.5 Å². The Morgan fingerprint density at radius 1 is 1.06 bits per heavy atom. The van der Waals surface area contributed by atoms with Crippen LogP contribution in [0.25, 0.3) is 6.08 Å². The first kappa shape index (κ1) is 23.9. The highest BCUT2D eigenvalue weighted by molar-refractivity contribution is 7.09. The monoisotopic (exact) mass is 497 g/mol. The van der Waals surface area contributed by atoms with Gasteiger partial charge < -0.3 is 10.6 Å². The lowest BCUT2D eigenvalue weighted by molar-refractivity contribution is 1.03. The molecule has 172 valence electrons. The molecule has 1 atom stereocenters. The third-order valence-electron chi connectivity index (χ3n) is 5.18. The SMILES string of the molecule is Cc1cc(/C=C/C#N)cc(C)c1Nc1nc(Nc2ccc(C#N)cc2)ncc1C(Cl)c1nccs1. The summed E-state index contributed by atoms with van der Waals surface area (Å²) in [5.41, 5.74) is 5.85. The van der Waals surface area contributed by atoms with Gasteiger partial charge >= 0.3 is 0 Å². The first-order valence-electron chi connectivity index (χ1n) is 10.6. The lowest BCUT2D eigenvalue weighted by Gasteiger charge is -2.18. The summed E-state index contributed by atoms with van der Waals surface area (Å²) in [5.74, 6) is 0.936. The number of allylic oxidation sites excluding steroid dienone is 1. The first-order chi connectivity index (χ1) is 17.0. The third-order valence-corrected chi connectivity index (χ3v) is 6.59. The highest BCUT2D eigenvalue weighted by Gasteiger charge is 2.21. The predicted molar refractivity (Wildman–Crippen MR) is 140 cm³/mol. The normalized spacial score (nSPS) is 11.6. The third kappa shape index (κ3) is 5.64. The molecule has 2 N–H and O–H groups in total. The van der Waals surface area contributed by atoms with E-state index < -0.39 is 5.38 Å². The van der Waals surface area contributed by atoms with Gasteiger partial charge in [0, 0.05) is 40.8 Å². The molecule has 0 aliphatic rings. The van der Waals surface area contributed by atoms with E-state index in [1.54, 1.807) is 42.7 Å². The fraction of sp³-hybridized carbons (Fsp3) is 0.115. The van der Waals surface area contributed by atoms with Crippen LogP contribution in [0.1, 0.15) is 38.2 Å². The van der Waals surface area contributed by atoms with Gasteiger partial charge in [-0.1, -0.05) is 0 Å². The van der Waals surface area contributed by atoms with Gasteiger partial charge in [0.2, 0.25) is 5.95 Å². The van der Waals surface area contributed by atoms with Crippen LogP contribution in [-0.2, 0) is 0 Å². The van der Waals surface area contributed by atoms with Crippen molar-refractivity contribution in [2.75, 3.05) is 10.6 Å². The fourth-order valence-corrected chi connectivity index (χ4v) is 4.53. The number of nitrogens with zero attached hydrogens (tertiary/aromatic N) is 5. The van der Waals surface area contributed by atoms with Gasteiger partial charge in [-0.05, 0) is 73.0 Å². The van der Waals surface area contributed by atoms with Crippen molar-refractivity contribution < 1.29 is 0 Å². The molecule has 0 amide bonds. The fourth-order valence-electron chi connectivity index (χ4n) is 3.53. The largest absolute Gasteiger partial charge is 0.339 e. The lowest BCUT2D eigenvalue weighted by Crippen LogP contribution is -2.08. The summed E-state index contributed by atoms with van der Waals surface area (Å²) in [6.45, 7) is 3.99. The van der Waals surface area contributed by atoms with Gasteiger partial charge in [-0.3, -0.25) is 0 Å². The maximum Gasteiger partial charge on any atom is 0.229 e. The maximum atomic E-state index is 9.02. The molecule has 0 radical (unpaired) electrons. The molecule has 0 saturated carbocycles. The van der Waals surface area contributed by atoms with Crippen LogP contribution in [0.3, 0.4) is 0 Å². The van der Waals surface area contributed by atoms with E-state index in [1.165, 1.54) is 17.4 Å². The van der Waals surface area contributed by atoms with Crippen molar-refractivity contribution in [3.8, 4) is 12.1 Å². The van der Waals surface area contributed by atoms with Crippen molar-refractivity contribution in [3.63, 3.8) is 0 Å². The molecule has 0 saturated heterocycles. The summed E-state index contributed by atoms with van der Waals surface area (Å²) in [6, 6.07) is 15.2. The van der Waals surface area contributed by atoms with Gasteiger partial charge in [-0.2, -0.15) is 15.5 Å². The molecule has 4 rings (SSSR count). The van der Waals surface area contributed by atoms with Crippen LogP contribution in [0.15, 0.2) is 60.2 Å². The number of nitriles is 2. The molecule has 1 unspecified atom stereocenters. The molecule has 9 heteroatoms. The van der Waals surface area contributed by atoms with E-state index in [9.17, 15) is 0 Å². The zero-order chi connectivity index (χ0) is 24.8. The van der Waals surface area contributed by atoms with E-state index >= 15 is 0 Å². The zero-order valence-corrected chi connectivity index (χ0v) is 20.5. The Morgan fingerprint density at radius 2 is 1.80 bits per heavy atom. The van der Waals surface area contributed by atoms with E-state index in [0.717, 1.165) is 33.1 Å². The van der Waals surface area contributed by atoms with Gasteiger partial charge in [-0.15, -0.1) is 22.9 Å². The van der Waals surface area contributed by atoms with E-state index in [4.69, 9.17) is 27.1 Å². The van der Waals surface area contributed by atoms with E-state index in [-0.39, 0.29) is 0 Å². The second-order valence-corrected chi connectivity index (χ2v) is 9.02. The average molecular weight is 498 g/mol. The van der Waals surface area contributed by atoms with Crippen molar-refractivity contribution in [2.24, 2.45) is 0 Å². The topological polar surface area (TPSA) is 110 Å². The predicted octanol–water partition coefficient (Wildman–Crippen LogP) is 6.77. The van der Waals surface area contributed by atoms with Crippen LogP contribution < -0.4 is 10.6 Å². The lowest BCUT2D eigenvalue weighted by atomic mass is 10.0. The van der Waals surface area contributed by atoms with Crippen molar-refractivity contribution >= 4 is 52.2 Å². The van der Waals surface area contributed by atoms with Crippen molar-refractivity contribution in [2.45, 2.75) is 19.2 Å². The summed E-state index contributed by atoms with van der Waals surface area (Å²) in [5, 5.41) is 26.6. The number of hydrogen-bond acceptors (Lipinski definition) is 8. The molecule has 35 heavy (non-hydrogen) atoms. The number of aryl methyl sites for hydroxylation is 2. The highest BCUT2D eigenvalue weighted by Crippen LogP contribution is 2.36. The number of aromatic nitrogens is 3. The number of benzene rings is 2. The molecule has 2 aromatic heterocycles. The number of anilines is 4. The highest BCUT2D eigenvalue weighted by atomic mass is 35.5. The van der Waals surface area contributed by atoms with E-state index in [0.29, 0.717) is 22.9 Å². The Kier molecular flexibility index (Phi) is 7.37. The first-order valence-corrected chi connectivity index (χ1v) is 11.9. The van der Waals surface area contributed by atoms with Crippen molar-refractivity contribution in [1.82, 2.24) is 15.0 Å². The number of thiazole rings is 1. The molecule has 4 aromatic rings.